The predicted octanol–water partition coefficient (Wildman–Crippen LogP) is 8.09. The summed E-state index contributed by atoms with van der Waals surface area (Å²) in [4.78, 5) is 0. The van der Waals surface area contributed by atoms with Crippen molar-refractivity contribution >= 4 is 0 Å². The third-order valence-corrected chi connectivity index (χ3v) is 5.08. The Bertz CT molecular complexity index is 561. The summed E-state index contributed by atoms with van der Waals surface area (Å²) in [6, 6.07) is 0. The van der Waals surface area contributed by atoms with Gasteiger partial charge in [-0.3, -0.25) is 4.74 Å². The predicted molar refractivity (Wildman–Crippen MR) is 79.6 cm³/mol. The van der Waals surface area contributed by atoms with Gasteiger partial charge in [0, 0.05) is 41.5 Å². The van der Waals surface area contributed by atoms with Gasteiger partial charge in [0.2, 0.25) is 10.8 Å². The van der Waals surface area contributed by atoms with E-state index in [4.69, 9.17) is 0 Å². The minimum Gasteiger partial charge on any atom is -0.253 e. The van der Waals surface area contributed by atoms with Crippen LogP contribution in [0.4, 0.5) is 70.2 Å². The van der Waals surface area contributed by atoms with E-state index in [9.17, 15) is 70.2 Å². The Kier molecular flexibility index (Phi) is 7.40. The first-order valence-electron chi connectivity index (χ1n) is 8.43. The molecule has 17 heteroatoms. The molecule has 0 spiro atoms. The molecule has 0 amide bonds. The number of rotatable bonds is 10. The first-order chi connectivity index (χ1) is 13.7. The van der Waals surface area contributed by atoms with E-state index in [1.807, 2.05) is 0 Å². The fourth-order valence-corrected chi connectivity index (χ4v) is 4.16. The Morgan fingerprint density at radius 2 is 0.424 bits per heavy atom. The fourth-order valence-electron chi connectivity index (χ4n) is 4.16. The Hall–Kier alpha value is -1.16. The van der Waals surface area contributed by atoms with Crippen molar-refractivity contribution in [1.29, 1.82) is 0 Å². The topological polar surface area (TPSA) is 9.23 Å². The molecule has 0 rings (SSSR count). The molecule has 1 nitrogen and oxygen atoms in total. The van der Waals surface area contributed by atoms with Gasteiger partial charge in [0.25, 0.3) is 35.5 Å². The molecule has 33 heavy (non-hydrogen) atoms. The van der Waals surface area contributed by atoms with Gasteiger partial charge in [-0.05, 0) is 0 Å². The zero-order chi connectivity index (χ0) is 27.7. The quantitative estimate of drug-likeness (QED) is 0.260. The van der Waals surface area contributed by atoms with E-state index >= 15 is 0 Å². The first-order valence-corrected chi connectivity index (χ1v) is 8.43. The number of halogens is 16. The van der Waals surface area contributed by atoms with Crippen molar-refractivity contribution in [2.24, 2.45) is 10.8 Å². The molecule has 0 bridgehead atoms. The van der Waals surface area contributed by atoms with Gasteiger partial charge in [0.15, 0.2) is 0 Å². The Morgan fingerprint density at radius 3 is 0.515 bits per heavy atom. The smallest absolute Gasteiger partial charge is 0.253 e. The summed E-state index contributed by atoms with van der Waals surface area (Å²) in [5, 5.41) is 0. The molecular weight excluding hydrogens is 512 g/mol. The summed E-state index contributed by atoms with van der Waals surface area (Å²) in [7, 11) is 0. The zero-order valence-corrected chi connectivity index (χ0v) is 17.5. The SMILES string of the molecule is CC(F)(F)C(C(C)(F)F)(C(C)(F)F)C(F)(F)OC(F)(F)C(C(C)(F)F)(C(C)(F)F)C(C)(F)F. The van der Waals surface area contributed by atoms with Crippen LogP contribution in [0, 0.1) is 10.8 Å². The van der Waals surface area contributed by atoms with Crippen LogP contribution in [0.2, 0.25) is 0 Å². The highest BCUT2D eigenvalue weighted by Gasteiger charge is 2.92. The van der Waals surface area contributed by atoms with Crippen molar-refractivity contribution < 1.29 is 75.0 Å². The largest absolute Gasteiger partial charge is 0.383 e. The summed E-state index contributed by atoms with van der Waals surface area (Å²) in [6.07, 6.45) is -14.8. The number of hydrogen-bond donors (Lipinski definition) is 0. The molecule has 0 aromatic carbocycles. The Balaban J connectivity index is 7.62. The molecule has 0 atom stereocenters. The van der Waals surface area contributed by atoms with E-state index in [1.54, 1.807) is 0 Å². The maximum absolute atomic E-state index is 14.5. The maximum Gasteiger partial charge on any atom is 0.383 e. The van der Waals surface area contributed by atoms with Crippen molar-refractivity contribution in [2.45, 2.75) is 89.3 Å². The third-order valence-electron chi connectivity index (χ3n) is 5.08. The Labute approximate surface area is 176 Å². The molecule has 0 saturated carbocycles. The van der Waals surface area contributed by atoms with Crippen molar-refractivity contribution in [1.82, 2.24) is 0 Å². The molecule has 0 aliphatic carbocycles. The van der Waals surface area contributed by atoms with Crippen molar-refractivity contribution in [2.75, 3.05) is 0 Å². The van der Waals surface area contributed by atoms with Gasteiger partial charge < -0.3 is 0 Å². The van der Waals surface area contributed by atoms with Crippen LogP contribution in [-0.4, -0.2) is 47.8 Å². The van der Waals surface area contributed by atoms with E-state index in [0.717, 1.165) is 0 Å². The highest BCUT2D eigenvalue weighted by Crippen LogP contribution is 2.70. The second-order valence-corrected chi connectivity index (χ2v) is 7.97. The van der Waals surface area contributed by atoms with Gasteiger partial charge in [0.05, 0.1) is 0 Å². The summed E-state index contributed by atoms with van der Waals surface area (Å²) in [5.41, 5.74) is -13.3. The number of ether oxygens (including phenoxy) is 1. The van der Waals surface area contributed by atoms with Gasteiger partial charge in [-0.2, -0.15) is 17.6 Å². The van der Waals surface area contributed by atoms with Crippen LogP contribution in [0.1, 0.15) is 41.5 Å². The van der Waals surface area contributed by atoms with Crippen LogP contribution in [0.5, 0.6) is 0 Å². The van der Waals surface area contributed by atoms with Crippen LogP contribution in [-0.2, 0) is 4.74 Å². The molecule has 0 radical (unpaired) electrons. The summed E-state index contributed by atoms with van der Waals surface area (Å²) >= 11 is 0. The molecule has 0 aliphatic heterocycles. The fraction of sp³-hybridized carbons (Fsp3) is 1.00. The lowest BCUT2D eigenvalue weighted by atomic mass is 9.68. The van der Waals surface area contributed by atoms with Crippen molar-refractivity contribution in [3.63, 3.8) is 0 Å². The van der Waals surface area contributed by atoms with Crippen LogP contribution in [0.15, 0.2) is 0 Å². The standard InChI is InChI=1S/C16H18F16O/c1-7(17,18)13(8(2,19)20,9(3,21)22)15(29,30)33-16(31,32)14(10(4,23)24,11(5,25)26)12(6,27)28/h1-6H3. The lowest BCUT2D eigenvalue weighted by Crippen LogP contribution is -2.75. The second-order valence-electron chi connectivity index (χ2n) is 7.97. The van der Waals surface area contributed by atoms with E-state index in [1.165, 1.54) is 0 Å². The summed E-state index contributed by atoms with van der Waals surface area (Å²) < 4.78 is 227. The lowest BCUT2D eigenvalue weighted by molar-refractivity contribution is -0.532. The first kappa shape index (κ1) is 31.8. The zero-order valence-electron chi connectivity index (χ0n) is 17.5. The second kappa shape index (κ2) is 7.67. The molecule has 0 N–H and O–H groups in total. The van der Waals surface area contributed by atoms with E-state index in [2.05, 4.69) is 4.74 Å². The Morgan fingerprint density at radius 1 is 0.303 bits per heavy atom. The number of hydrogen-bond acceptors (Lipinski definition) is 1. The minimum atomic E-state index is -7.39. The van der Waals surface area contributed by atoms with Crippen LogP contribution in [0.3, 0.4) is 0 Å². The van der Waals surface area contributed by atoms with Crippen LogP contribution >= 0.6 is 0 Å². The number of alkyl halides is 16. The minimum absolute atomic E-state index is 1.04. The summed E-state index contributed by atoms with van der Waals surface area (Å²) in [5.74, 6) is -36.7. The maximum atomic E-state index is 14.5. The molecule has 0 heterocycles. The summed E-state index contributed by atoms with van der Waals surface area (Å²) in [6.45, 7) is -6.24. The van der Waals surface area contributed by atoms with Gasteiger partial charge in [-0.15, -0.1) is 0 Å². The molecule has 0 aromatic heterocycles. The molecule has 0 fully saturated rings. The highest BCUT2D eigenvalue weighted by atomic mass is 19.3. The van der Waals surface area contributed by atoms with Gasteiger partial charge >= 0.3 is 12.2 Å². The lowest BCUT2D eigenvalue weighted by Gasteiger charge is -2.53. The van der Waals surface area contributed by atoms with Gasteiger partial charge in [0.1, 0.15) is 0 Å². The van der Waals surface area contributed by atoms with Gasteiger partial charge in [-0.1, -0.05) is 0 Å². The van der Waals surface area contributed by atoms with Crippen LogP contribution in [0.25, 0.3) is 0 Å². The molecule has 0 unspecified atom stereocenters. The molecule has 0 aromatic rings. The van der Waals surface area contributed by atoms with E-state index in [0.29, 0.717) is 0 Å². The van der Waals surface area contributed by atoms with Gasteiger partial charge in [-0.25, -0.2) is 52.7 Å². The molecule has 200 valence electrons. The normalized spacial score (nSPS) is 16.9. The molecule has 0 saturated heterocycles. The average Bonchev–Trinajstić information content (AvgIpc) is 2.22. The van der Waals surface area contributed by atoms with Crippen molar-refractivity contribution in [3.05, 3.63) is 0 Å². The van der Waals surface area contributed by atoms with E-state index in [-0.39, 0.29) is 0 Å². The van der Waals surface area contributed by atoms with Crippen LogP contribution < -0.4 is 0 Å². The van der Waals surface area contributed by atoms with E-state index < -0.39 is 100 Å². The highest BCUT2D eigenvalue weighted by molar-refractivity contribution is 5.14. The van der Waals surface area contributed by atoms with Crippen molar-refractivity contribution in [3.8, 4) is 0 Å². The monoisotopic (exact) mass is 530 g/mol. The third kappa shape index (κ3) is 4.34. The average molecular weight is 530 g/mol. The molecule has 0 aliphatic rings. The molecular formula is C16H18F16O.